The van der Waals surface area contributed by atoms with Crippen LogP contribution >= 0.6 is 0 Å². The summed E-state index contributed by atoms with van der Waals surface area (Å²) in [6.07, 6.45) is 5.66. The van der Waals surface area contributed by atoms with Gasteiger partial charge in [-0.2, -0.15) is 5.10 Å². The maximum atomic E-state index is 5.48. The van der Waals surface area contributed by atoms with Crippen molar-refractivity contribution in [2.75, 3.05) is 14.2 Å². The maximum absolute atomic E-state index is 5.48. The zero-order valence-electron chi connectivity index (χ0n) is 11.9. The molecule has 2 atom stereocenters. The van der Waals surface area contributed by atoms with E-state index in [1.165, 1.54) is 18.5 Å². The van der Waals surface area contributed by atoms with Crippen LogP contribution in [0.5, 0.6) is 5.75 Å². The Kier molecular flexibility index (Phi) is 4.27. The van der Waals surface area contributed by atoms with E-state index in [0.29, 0.717) is 12.0 Å². The van der Waals surface area contributed by atoms with Crippen molar-refractivity contribution in [1.82, 2.24) is 15.1 Å². The molecule has 0 amide bonds. The van der Waals surface area contributed by atoms with Gasteiger partial charge in [0.2, 0.25) is 0 Å². The van der Waals surface area contributed by atoms with Crippen molar-refractivity contribution in [3.63, 3.8) is 0 Å². The van der Waals surface area contributed by atoms with Crippen LogP contribution in [0.3, 0.4) is 0 Å². The van der Waals surface area contributed by atoms with Gasteiger partial charge in [-0.1, -0.05) is 13.8 Å². The van der Waals surface area contributed by atoms with Gasteiger partial charge in [-0.05, 0) is 38.1 Å². The summed E-state index contributed by atoms with van der Waals surface area (Å²) in [5, 5.41) is 7.92. The van der Waals surface area contributed by atoms with Crippen LogP contribution in [0.2, 0.25) is 0 Å². The highest BCUT2D eigenvalue weighted by atomic mass is 16.5. The second-order valence-electron chi connectivity index (χ2n) is 5.28. The minimum atomic E-state index is 0.335. The zero-order chi connectivity index (χ0) is 13.1. The van der Waals surface area contributed by atoms with Crippen molar-refractivity contribution in [3.05, 3.63) is 11.9 Å². The molecule has 1 fully saturated rings. The first-order valence-electron chi connectivity index (χ1n) is 6.99. The van der Waals surface area contributed by atoms with Gasteiger partial charge in [-0.15, -0.1) is 0 Å². The smallest absolute Gasteiger partial charge is 0.161 e. The Morgan fingerprint density at radius 3 is 2.78 bits per heavy atom. The van der Waals surface area contributed by atoms with E-state index < -0.39 is 0 Å². The number of methoxy groups -OCH3 is 1. The van der Waals surface area contributed by atoms with E-state index in [2.05, 4.69) is 28.9 Å². The second-order valence-corrected chi connectivity index (χ2v) is 5.28. The lowest BCUT2D eigenvalue weighted by molar-refractivity contribution is 0.327. The van der Waals surface area contributed by atoms with E-state index in [-0.39, 0.29) is 0 Å². The zero-order valence-corrected chi connectivity index (χ0v) is 11.9. The van der Waals surface area contributed by atoms with Gasteiger partial charge < -0.3 is 10.1 Å². The summed E-state index contributed by atoms with van der Waals surface area (Å²) < 4.78 is 7.58. The van der Waals surface area contributed by atoms with Crippen LogP contribution in [0.4, 0.5) is 0 Å². The Balaban J connectivity index is 2.29. The molecule has 0 aromatic carbocycles. The fourth-order valence-corrected chi connectivity index (χ4v) is 2.78. The van der Waals surface area contributed by atoms with Crippen LogP contribution in [0.15, 0.2) is 6.20 Å². The summed E-state index contributed by atoms with van der Waals surface area (Å²) in [5.74, 6) is 2.41. The van der Waals surface area contributed by atoms with Crippen LogP contribution in [-0.2, 0) is 6.54 Å². The normalized spacial score (nSPS) is 18.7. The van der Waals surface area contributed by atoms with Crippen molar-refractivity contribution < 1.29 is 4.74 Å². The molecule has 1 heterocycles. The first-order valence-corrected chi connectivity index (χ1v) is 6.99. The highest BCUT2D eigenvalue weighted by Gasteiger charge is 2.36. The van der Waals surface area contributed by atoms with E-state index >= 15 is 0 Å². The van der Waals surface area contributed by atoms with Crippen molar-refractivity contribution in [2.45, 2.75) is 45.7 Å². The SMILES string of the molecule is CCCn1ncc(OC)c1C(NC)C(C)C1CC1. The van der Waals surface area contributed by atoms with Gasteiger partial charge in [0, 0.05) is 6.54 Å². The summed E-state index contributed by atoms with van der Waals surface area (Å²) in [7, 11) is 3.76. The van der Waals surface area contributed by atoms with Crippen LogP contribution in [-0.4, -0.2) is 23.9 Å². The average Bonchev–Trinajstić information content (AvgIpc) is 3.15. The quantitative estimate of drug-likeness (QED) is 0.809. The van der Waals surface area contributed by atoms with Gasteiger partial charge in [-0.3, -0.25) is 4.68 Å². The minimum Gasteiger partial charge on any atom is -0.493 e. The summed E-state index contributed by atoms with van der Waals surface area (Å²) in [6, 6.07) is 0.335. The van der Waals surface area contributed by atoms with Crippen molar-refractivity contribution in [3.8, 4) is 5.75 Å². The highest BCUT2D eigenvalue weighted by Crippen LogP contribution is 2.44. The molecule has 0 bridgehead atoms. The summed E-state index contributed by atoms with van der Waals surface area (Å²) in [6.45, 7) is 5.46. The first-order chi connectivity index (χ1) is 8.72. The lowest BCUT2D eigenvalue weighted by atomic mass is 9.93. The number of nitrogens with zero attached hydrogens (tertiary/aromatic N) is 2. The molecule has 2 rings (SSSR count). The Hall–Kier alpha value is -1.03. The Morgan fingerprint density at radius 1 is 1.56 bits per heavy atom. The standard InChI is InChI=1S/C14H25N3O/c1-5-8-17-14(12(18-4)9-16-17)13(15-3)10(2)11-6-7-11/h9-11,13,15H,5-8H2,1-4H3. The van der Waals surface area contributed by atoms with Gasteiger partial charge in [0.15, 0.2) is 5.75 Å². The predicted octanol–water partition coefficient (Wildman–Crippen LogP) is 2.61. The third-order valence-electron chi connectivity index (χ3n) is 4.00. The third-order valence-corrected chi connectivity index (χ3v) is 4.00. The Morgan fingerprint density at radius 2 is 2.28 bits per heavy atom. The summed E-state index contributed by atoms with van der Waals surface area (Å²) in [5.41, 5.74) is 1.21. The predicted molar refractivity (Wildman–Crippen MR) is 72.8 cm³/mol. The van der Waals surface area contributed by atoms with Gasteiger partial charge in [0.1, 0.15) is 0 Å². The summed E-state index contributed by atoms with van der Waals surface area (Å²) >= 11 is 0. The summed E-state index contributed by atoms with van der Waals surface area (Å²) in [4.78, 5) is 0. The molecule has 0 radical (unpaired) electrons. The third kappa shape index (κ3) is 2.53. The molecule has 1 saturated carbocycles. The average molecular weight is 251 g/mol. The number of aryl methyl sites for hydroxylation is 1. The fourth-order valence-electron chi connectivity index (χ4n) is 2.78. The molecule has 1 N–H and O–H groups in total. The molecule has 0 aliphatic heterocycles. The molecule has 4 heteroatoms. The van der Waals surface area contributed by atoms with Crippen LogP contribution in [0.1, 0.15) is 44.8 Å². The molecule has 0 spiro atoms. The number of aromatic nitrogens is 2. The van der Waals surface area contributed by atoms with Gasteiger partial charge in [-0.25, -0.2) is 0 Å². The number of rotatable bonds is 7. The molecule has 1 aromatic rings. The second kappa shape index (κ2) is 5.74. The molecule has 1 aromatic heterocycles. The van der Waals surface area contributed by atoms with Crippen LogP contribution in [0, 0.1) is 11.8 Å². The Labute approximate surface area is 110 Å². The molecule has 1 aliphatic carbocycles. The molecule has 0 saturated heterocycles. The fraction of sp³-hybridized carbons (Fsp3) is 0.786. The van der Waals surface area contributed by atoms with Crippen molar-refractivity contribution in [1.29, 1.82) is 0 Å². The number of ether oxygens (including phenoxy) is 1. The molecule has 1 aliphatic rings. The monoisotopic (exact) mass is 251 g/mol. The Bertz CT molecular complexity index is 384. The molecule has 18 heavy (non-hydrogen) atoms. The molecule has 4 nitrogen and oxygen atoms in total. The lowest BCUT2D eigenvalue weighted by Gasteiger charge is -2.25. The van der Waals surface area contributed by atoms with Crippen LogP contribution < -0.4 is 10.1 Å². The van der Waals surface area contributed by atoms with Gasteiger partial charge >= 0.3 is 0 Å². The molecule has 102 valence electrons. The minimum absolute atomic E-state index is 0.335. The van der Waals surface area contributed by atoms with Crippen molar-refractivity contribution >= 4 is 0 Å². The molecular formula is C14H25N3O. The van der Waals surface area contributed by atoms with Gasteiger partial charge in [0.25, 0.3) is 0 Å². The van der Waals surface area contributed by atoms with Crippen molar-refractivity contribution in [2.24, 2.45) is 11.8 Å². The topological polar surface area (TPSA) is 39.1 Å². The van der Waals surface area contributed by atoms with E-state index in [1.807, 2.05) is 13.2 Å². The maximum Gasteiger partial charge on any atom is 0.161 e. The lowest BCUT2D eigenvalue weighted by Crippen LogP contribution is -2.28. The van der Waals surface area contributed by atoms with Gasteiger partial charge in [0.05, 0.1) is 25.0 Å². The number of hydrogen-bond donors (Lipinski definition) is 1. The highest BCUT2D eigenvalue weighted by molar-refractivity contribution is 5.29. The van der Waals surface area contributed by atoms with E-state index in [0.717, 1.165) is 24.6 Å². The molecular weight excluding hydrogens is 226 g/mol. The van der Waals surface area contributed by atoms with E-state index in [1.54, 1.807) is 7.11 Å². The first kappa shape index (κ1) is 13.4. The van der Waals surface area contributed by atoms with E-state index in [9.17, 15) is 0 Å². The number of hydrogen-bond acceptors (Lipinski definition) is 3. The van der Waals surface area contributed by atoms with Crippen LogP contribution in [0.25, 0.3) is 0 Å². The molecule has 2 unspecified atom stereocenters. The largest absolute Gasteiger partial charge is 0.493 e. The van der Waals surface area contributed by atoms with E-state index in [4.69, 9.17) is 4.74 Å². The number of nitrogens with one attached hydrogen (secondary N) is 1.